The van der Waals surface area contributed by atoms with Crippen molar-refractivity contribution >= 4 is 0 Å². The van der Waals surface area contributed by atoms with E-state index in [4.69, 9.17) is 5.48 Å². The summed E-state index contributed by atoms with van der Waals surface area (Å²) in [4.78, 5) is 7.69. The summed E-state index contributed by atoms with van der Waals surface area (Å²) in [5, 5.41) is 0. The lowest BCUT2D eigenvalue weighted by atomic mass is 9.81. The van der Waals surface area contributed by atoms with Gasteiger partial charge in [-0.05, 0) is 30.1 Å². The number of rotatable bonds is 1. The predicted molar refractivity (Wildman–Crippen MR) is 85.4 cm³/mol. The molecule has 0 spiro atoms. The first kappa shape index (κ1) is 11.0. The Kier molecular flexibility index (Phi) is 2.36. The van der Waals surface area contributed by atoms with Crippen molar-refractivity contribution < 1.29 is 18.7 Å². The first-order chi connectivity index (χ1) is 13.0. The van der Waals surface area contributed by atoms with Crippen LogP contribution >= 0.6 is 0 Å². The average molecular weight is 330 g/mol. The van der Waals surface area contributed by atoms with Gasteiger partial charge in [0, 0.05) is 33.2 Å². The van der Waals surface area contributed by atoms with E-state index in [1.807, 2.05) is 0 Å². The van der Waals surface area contributed by atoms with Gasteiger partial charge in [0.1, 0.15) is 0 Å². The second-order valence-corrected chi connectivity index (χ2v) is 5.45. The van der Waals surface area contributed by atoms with Crippen LogP contribution in [0.3, 0.4) is 0 Å². The standard InChI is InChI=1S/C19H13F3N2/c1-11-7-8-15(24-10-11)14-5-2-4-12-13-6-3-9-23-17(13)18(20)19(21,22)16(12)14/h2-10,18H,1H3/i1D3,18D. The Balaban J connectivity index is 1.98. The fourth-order valence-electron chi connectivity index (χ4n) is 2.94. The molecule has 3 aromatic rings. The number of aromatic nitrogens is 2. The van der Waals surface area contributed by atoms with Crippen LogP contribution in [0.4, 0.5) is 13.2 Å². The van der Waals surface area contributed by atoms with Crippen LogP contribution in [-0.4, -0.2) is 9.97 Å². The van der Waals surface area contributed by atoms with Crippen LogP contribution in [0.2, 0.25) is 0 Å². The van der Waals surface area contributed by atoms with E-state index in [0.717, 1.165) is 6.20 Å². The lowest BCUT2D eigenvalue weighted by molar-refractivity contribution is -0.0833. The molecule has 0 bridgehead atoms. The summed E-state index contributed by atoms with van der Waals surface area (Å²) in [6, 6.07) is 9.79. The first-order valence-corrected chi connectivity index (χ1v) is 7.18. The molecule has 0 saturated carbocycles. The average Bonchev–Trinajstić information content (AvgIpc) is 2.66. The van der Waals surface area contributed by atoms with Crippen LogP contribution < -0.4 is 0 Å². The maximum atomic E-state index is 15.1. The molecule has 120 valence electrons. The maximum absolute atomic E-state index is 15.1. The minimum atomic E-state index is -4.19. The maximum Gasteiger partial charge on any atom is 0.310 e. The number of halogens is 3. The number of pyridine rings is 2. The van der Waals surface area contributed by atoms with E-state index in [2.05, 4.69) is 9.97 Å². The van der Waals surface area contributed by atoms with Gasteiger partial charge in [-0.25, -0.2) is 4.39 Å². The third kappa shape index (κ3) is 2.04. The number of alkyl halides is 3. The highest BCUT2D eigenvalue weighted by atomic mass is 19.3. The predicted octanol–water partition coefficient (Wildman–Crippen LogP) is 5.24. The molecule has 0 radical (unpaired) electrons. The smallest absolute Gasteiger partial charge is 0.257 e. The van der Waals surface area contributed by atoms with E-state index in [-0.39, 0.29) is 27.9 Å². The van der Waals surface area contributed by atoms with E-state index in [0.29, 0.717) is 0 Å². The van der Waals surface area contributed by atoms with E-state index in [9.17, 15) is 4.39 Å². The Hall–Kier alpha value is -2.69. The molecule has 4 rings (SSSR count). The summed E-state index contributed by atoms with van der Waals surface area (Å²) < 4.78 is 75.2. The van der Waals surface area contributed by atoms with Crippen molar-refractivity contribution in [2.45, 2.75) is 18.9 Å². The third-order valence-electron chi connectivity index (χ3n) is 4.00. The Morgan fingerprint density at radius 1 is 1.04 bits per heavy atom. The minimum absolute atomic E-state index is 0.0392. The molecule has 1 aromatic carbocycles. The molecule has 5 heteroatoms. The fraction of sp³-hybridized carbons (Fsp3) is 0.158. The summed E-state index contributed by atoms with van der Waals surface area (Å²) in [7, 11) is 0. The highest BCUT2D eigenvalue weighted by molar-refractivity contribution is 5.81. The number of benzene rings is 1. The molecule has 0 amide bonds. The van der Waals surface area contributed by atoms with E-state index in [1.165, 1.54) is 48.7 Å². The second kappa shape index (κ2) is 5.16. The van der Waals surface area contributed by atoms with E-state index < -0.39 is 30.2 Å². The zero-order chi connectivity index (χ0) is 20.3. The number of hydrogen-bond donors (Lipinski definition) is 0. The molecule has 1 aliphatic carbocycles. The molecule has 1 unspecified atom stereocenters. The highest BCUT2D eigenvalue weighted by Crippen LogP contribution is 2.54. The van der Waals surface area contributed by atoms with Gasteiger partial charge in [0.15, 0.2) is 0 Å². The number of hydrogen-bond acceptors (Lipinski definition) is 2. The normalized spacial score (nSPS) is 24.0. The molecule has 0 saturated heterocycles. The van der Waals surface area contributed by atoms with Crippen LogP contribution in [0.1, 0.15) is 28.5 Å². The van der Waals surface area contributed by atoms with Gasteiger partial charge in [0.05, 0.1) is 12.8 Å². The van der Waals surface area contributed by atoms with Crippen molar-refractivity contribution in [2.24, 2.45) is 0 Å². The summed E-state index contributed by atoms with van der Waals surface area (Å²) in [5.41, 5.74) is -1.18. The van der Waals surface area contributed by atoms with E-state index >= 15 is 8.78 Å². The molecule has 0 aliphatic heterocycles. The lowest BCUT2D eigenvalue weighted by Crippen LogP contribution is -2.28. The van der Waals surface area contributed by atoms with Gasteiger partial charge >= 0.3 is 5.92 Å². The second-order valence-electron chi connectivity index (χ2n) is 5.45. The number of nitrogens with zero attached hydrogens (tertiary/aromatic N) is 2. The zero-order valence-electron chi connectivity index (χ0n) is 16.2. The molecule has 1 aliphatic rings. The zero-order valence-corrected chi connectivity index (χ0v) is 12.2. The Bertz CT molecular complexity index is 1060. The Morgan fingerprint density at radius 3 is 2.58 bits per heavy atom. The van der Waals surface area contributed by atoms with Gasteiger partial charge in [-0.1, -0.05) is 30.3 Å². The van der Waals surface area contributed by atoms with Crippen LogP contribution in [0.5, 0.6) is 0 Å². The molecule has 2 nitrogen and oxygen atoms in total. The lowest BCUT2D eigenvalue weighted by Gasteiger charge is -2.31. The van der Waals surface area contributed by atoms with Crippen molar-refractivity contribution in [1.82, 2.24) is 9.97 Å². The van der Waals surface area contributed by atoms with Crippen molar-refractivity contribution in [2.75, 3.05) is 0 Å². The van der Waals surface area contributed by atoms with Crippen LogP contribution in [-0.2, 0) is 5.92 Å². The number of fused-ring (bicyclic) bond motifs is 3. The molecule has 24 heavy (non-hydrogen) atoms. The van der Waals surface area contributed by atoms with E-state index in [1.54, 1.807) is 0 Å². The monoisotopic (exact) mass is 330 g/mol. The highest BCUT2D eigenvalue weighted by Gasteiger charge is 2.51. The molecule has 2 heterocycles. The molecule has 0 fully saturated rings. The number of aryl methyl sites for hydroxylation is 1. The van der Waals surface area contributed by atoms with Gasteiger partial charge < -0.3 is 0 Å². The van der Waals surface area contributed by atoms with Gasteiger partial charge in [-0.15, -0.1) is 0 Å². The SMILES string of the molecule is [2H]C([2H])([2H])c1ccc(-c2cccc3c2C(F)(F)C([2H])(F)c2ncccc2-3)nc1. The largest absolute Gasteiger partial charge is 0.310 e. The Labute approximate surface area is 142 Å². The van der Waals surface area contributed by atoms with Crippen LogP contribution in [0.25, 0.3) is 22.4 Å². The van der Waals surface area contributed by atoms with Crippen LogP contribution in [0, 0.1) is 6.85 Å². The van der Waals surface area contributed by atoms with Gasteiger partial charge in [0.2, 0.25) is 6.15 Å². The summed E-state index contributed by atoms with van der Waals surface area (Å²) in [5.74, 6) is -4.19. The fourth-order valence-corrected chi connectivity index (χ4v) is 2.94. The molecule has 2 aromatic heterocycles. The first-order valence-electron chi connectivity index (χ1n) is 9.18. The molecular weight excluding hydrogens is 313 g/mol. The molecule has 0 N–H and O–H groups in total. The van der Waals surface area contributed by atoms with Gasteiger partial charge in [0.25, 0.3) is 0 Å². The summed E-state index contributed by atoms with van der Waals surface area (Å²) in [6.45, 7) is -2.38. The van der Waals surface area contributed by atoms with Crippen molar-refractivity contribution in [3.8, 4) is 22.4 Å². The topological polar surface area (TPSA) is 25.8 Å². The van der Waals surface area contributed by atoms with Crippen molar-refractivity contribution in [3.63, 3.8) is 0 Å². The molecular formula is C19H13F3N2. The van der Waals surface area contributed by atoms with Gasteiger partial charge in [-0.2, -0.15) is 8.78 Å². The summed E-state index contributed by atoms with van der Waals surface area (Å²) in [6.07, 6.45) is -1.51. The third-order valence-corrected chi connectivity index (χ3v) is 4.00. The minimum Gasteiger partial charge on any atom is -0.257 e. The van der Waals surface area contributed by atoms with Crippen molar-refractivity contribution in [3.05, 3.63) is 71.7 Å². The van der Waals surface area contributed by atoms with Crippen LogP contribution in [0.15, 0.2) is 54.9 Å². The van der Waals surface area contributed by atoms with Gasteiger partial charge in [-0.3, -0.25) is 9.97 Å². The molecule has 1 atom stereocenters. The van der Waals surface area contributed by atoms with Crippen molar-refractivity contribution in [1.29, 1.82) is 0 Å². The Morgan fingerprint density at radius 2 is 1.83 bits per heavy atom. The quantitative estimate of drug-likeness (QED) is 0.610. The summed E-state index contributed by atoms with van der Waals surface area (Å²) >= 11 is 0.